The number of H-pyrrole nitrogens is 1. The Balaban J connectivity index is 2.59. The molecule has 1 aromatic carbocycles. The molecule has 0 unspecified atom stereocenters. The Hall–Kier alpha value is -1.91. The number of nitrogen functional groups attached to an aromatic ring is 1. The number of halogens is 2. The summed E-state index contributed by atoms with van der Waals surface area (Å²) in [4.78, 5) is 6.73. The summed E-state index contributed by atoms with van der Waals surface area (Å²) in [6, 6.07) is 2.74. The second kappa shape index (κ2) is 3.34. The molecule has 0 atom stereocenters. The summed E-state index contributed by atoms with van der Waals surface area (Å²) in [5.74, 6) is -1.35. The maximum absolute atomic E-state index is 13.5. The topological polar surface area (TPSA) is 54.7 Å². The highest BCUT2D eigenvalue weighted by atomic mass is 19.2. The number of imidazole rings is 1. The standard InChI is InChI=1S/C10H9F2N3/c1-5-14-4-8(15-5)6-2-3-7(13)10(12)9(6)11/h2-4H,13H2,1H3,(H,14,15). The van der Waals surface area contributed by atoms with Gasteiger partial charge in [0.25, 0.3) is 0 Å². The van der Waals surface area contributed by atoms with Crippen molar-refractivity contribution in [1.29, 1.82) is 0 Å². The van der Waals surface area contributed by atoms with Crippen LogP contribution in [0.25, 0.3) is 11.3 Å². The molecular weight excluding hydrogens is 200 g/mol. The third-order valence-electron chi connectivity index (χ3n) is 2.11. The van der Waals surface area contributed by atoms with Gasteiger partial charge in [-0.2, -0.15) is 0 Å². The molecule has 1 aromatic heterocycles. The number of aryl methyl sites for hydroxylation is 1. The molecule has 0 aliphatic rings. The fourth-order valence-electron chi connectivity index (χ4n) is 1.33. The van der Waals surface area contributed by atoms with E-state index < -0.39 is 11.6 Å². The molecule has 0 bridgehead atoms. The van der Waals surface area contributed by atoms with Gasteiger partial charge >= 0.3 is 0 Å². The van der Waals surface area contributed by atoms with Crippen LogP contribution in [-0.4, -0.2) is 9.97 Å². The third-order valence-corrected chi connectivity index (χ3v) is 2.11. The molecule has 2 rings (SSSR count). The Morgan fingerprint density at radius 1 is 1.27 bits per heavy atom. The fraction of sp³-hybridized carbons (Fsp3) is 0.100. The Bertz CT molecular complexity index is 505. The normalized spacial score (nSPS) is 10.6. The zero-order valence-corrected chi connectivity index (χ0v) is 8.01. The van der Waals surface area contributed by atoms with Crippen LogP contribution in [0, 0.1) is 18.6 Å². The lowest BCUT2D eigenvalue weighted by molar-refractivity contribution is 0.514. The zero-order valence-electron chi connectivity index (χ0n) is 8.01. The van der Waals surface area contributed by atoms with E-state index in [-0.39, 0.29) is 11.3 Å². The van der Waals surface area contributed by atoms with E-state index in [1.807, 2.05) is 0 Å². The molecule has 5 heteroatoms. The molecule has 0 spiro atoms. The predicted molar refractivity (Wildman–Crippen MR) is 53.1 cm³/mol. The minimum Gasteiger partial charge on any atom is -0.396 e. The first-order valence-electron chi connectivity index (χ1n) is 4.35. The van der Waals surface area contributed by atoms with E-state index >= 15 is 0 Å². The first-order valence-corrected chi connectivity index (χ1v) is 4.35. The summed E-state index contributed by atoms with van der Waals surface area (Å²) in [7, 11) is 0. The van der Waals surface area contributed by atoms with Gasteiger partial charge in [-0.15, -0.1) is 0 Å². The maximum Gasteiger partial charge on any atom is 0.182 e. The number of hydrogen-bond donors (Lipinski definition) is 2. The second-order valence-electron chi connectivity index (χ2n) is 3.21. The average Bonchev–Trinajstić information content (AvgIpc) is 2.61. The van der Waals surface area contributed by atoms with Crippen LogP contribution >= 0.6 is 0 Å². The van der Waals surface area contributed by atoms with Crippen molar-refractivity contribution in [3.8, 4) is 11.3 Å². The second-order valence-corrected chi connectivity index (χ2v) is 3.21. The third kappa shape index (κ3) is 1.56. The zero-order chi connectivity index (χ0) is 11.0. The number of anilines is 1. The van der Waals surface area contributed by atoms with Crippen LogP contribution in [0.15, 0.2) is 18.3 Å². The molecule has 2 aromatic rings. The minimum atomic E-state index is -1.03. The molecule has 0 amide bonds. The van der Waals surface area contributed by atoms with E-state index in [1.54, 1.807) is 6.92 Å². The largest absolute Gasteiger partial charge is 0.396 e. The number of aromatic nitrogens is 2. The van der Waals surface area contributed by atoms with Gasteiger partial charge in [0.05, 0.1) is 17.6 Å². The van der Waals surface area contributed by atoms with Gasteiger partial charge in [0.1, 0.15) is 5.82 Å². The van der Waals surface area contributed by atoms with Crippen molar-refractivity contribution < 1.29 is 8.78 Å². The van der Waals surface area contributed by atoms with Crippen molar-refractivity contribution in [3.63, 3.8) is 0 Å². The van der Waals surface area contributed by atoms with Gasteiger partial charge in [0, 0.05) is 5.56 Å². The molecule has 0 fully saturated rings. The fourth-order valence-corrected chi connectivity index (χ4v) is 1.33. The van der Waals surface area contributed by atoms with Gasteiger partial charge in [0.15, 0.2) is 11.6 Å². The molecule has 0 aliphatic carbocycles. The van der Waals surface area contributed by atoms with Crippen LogP contribution in [0.3, 0.4) is 0 Å². The molecule has 1 heterocycles. The van der Waals surface area contributed by atoms with Crippen LogP contribution in [0.1, 0.15) is 5.82 Å². The lowest BCUT2D eigenvalue weighted by atomic mass is 10.1. The van der Waals surface area contributed by atoms with Crippen LogP contribution < -0.4 is 5.73 Å². The number of rotatable bonds is 1. The number of hydrogen-bond acceptors (Lipinski definition) is 2. The van der Waals surface area contributed by atoms with Crippen molar-refractivity contribution in [2.24, 2.45) is 0 Å². The van der Waals surface area contributed by atoms with Crippen LogP contribution in [0.4, 0.5) is 14.5 Å². The van der Waals surface area contributed by atoms with Gasteiger partial charge in [-0.3, -0.25) is 0 Å². The van der Waals surface area contributed by atoms with E-state index in [9.17, 15) is 8.78 Å². The molecule has 0 saturated carbocycles. The highest BCUT2D eigenvalue weighted by Crippen LogP contribution is 2.25. The molecule has 0 radical (unpaired) electrons. The average molecular weight is 209 g/mol. The highest BCUT2D eigenvalue weighted by molar-refractivity contribution is 5.63. The number of benzene rings is 1. The van der Waals surface area contributed by atoms with Gasteiger partial charge in [-0.05, 0) is 19.1 Å². The summed E-state index contributed by atoms with van der Waals surface area (Å²) in [5.41, 5.74) is 5.59. The summed E-state index contributed by atoms with van der Waals surface area (Å²) < 4.78 is 26.6. The lowest BCUT2D eigenvalue weighted by Gasteiger charge is -2.03. The predicted octanol–water partition coefficient (Wildman–Crippen LogP) is 2.25. The molecule has 78 valence electrons. The van der Waals surface area contributed by atoms with Crippen LogP contribution in [-0.2, 0) is 0 Å². The van der Waals surface area contributed by atoms with Crippen molar-refractivity contribution >= 4 is 5.69 Å². The van der Waals surface area contributed by atoms with E-state index in [0.29, 0.717) is 11.5 Å². The molecule has 3 nitrogen and oxygen atoms in total. The minimum absolute atomic E-state index is 0.127. The van der Waals surface area contributed by atoms with Crippen LogP contribution in [0.5, 0.6) is 0 Å². The SMILES string of the molecule is Cc1ncc(-c2ccc(N)c(F)c2F)[nH]1. The van der Waals surface area contributed by atoms with Crippen molar-refractivity contribution in [1.82, 2.24) is 9.97 Å². The first kappa shape index (κ1) is 9.64. The van der Waals surface area contributed by atoms with Gasteiger partial charge < -0.3 is 10.7 Å². The summed E-state index contributed by atoms with van der Waals surface area (Å²) in [6.45, 7) is 1.73. The van der Waals surface area contributed by atoms with Crippen LogP contribution in [0.2, 0.25) is 0 Å². The van der Waals surface area contributed by atoms with Gasteiger partial charge in [0.2, 0.25) is 0 Å². The quantitative estimate of drug-likeness (QED) is 0.707. The summed E-state index contributed by atoms with van der Waals surface area (Å²) in [6.07, 6.45) is 1.45. The van der Waals surface area contributed by atoms with E-state index in [0.717, 1.165) is 0 Å². The van der Waals surface area contributed by atoms with Gasteiger partial charge in [-0.25, -0.2) is 13.8 Å². The molecule has 0 saturated heterocycles. The Morgan fingerprint density at radius 3 is 2.60 bits per heavy atom. The number of nitrogens with zero attached hydrogens (tertiary/aromatic N) is 1. The van der Waals surface area contributed by atoms with Crippen molar-refractivity contribution in [2.75, 3.05) is 5.73 Å². The first-order chi connectivity index (χ1) is 7.09. The highest BCUT2D eigenvalue weighted by Gasteiger charge is 2.14. The lowest BCUT2D eigenvalue weighted by Crippen LogP contribution is -1.96. The maximum atomic E-state index is 13.5. The molecule has 3 N–H and O–H groups in total. The summed E-state index contributed by atoms with van der Waals surface area (Å²) >= 11 is 0. The van der Waals surface area contributed by atoms with Gasteiger partial charge in [-0.1, -0.05) is 0 Å². The molecule has 0 aliphatic heterocycles. The summed E-state index contributed by atoms with van der Waals surface area (Å²) in [5, 5.41) is 0. The van der Waals surface area contributed by atoms with E-state index in [2.05, 4.69) is 9.97 Å². The molecular formula is C10H9F2N3. The Kier molecular flexibility index (Phi) is 2.15. The number of nitrogens with one attached hydrogen (secondary N) is 1. The van der Waals surface area contributed by atoms with Crippen molar-refractivity contribution in [2.45, 2.75) is 6.92 Å². The van der Waals surface area contributed by atoms with E-state index in [4.69, 9.17) is 5.73 Å². The smallest absolute Gasteiger partial charge is 0.182 e. The number of nitrogens with two attached hydrogens (primary N) is 1. The van der Waals surface area contributed by atoms with E-state index in [1.165, 1.54) is 18.3 Å². The Labute approximate surface area is 85.0 Å². The Morgan fingerprint density at radius 2 is 2.00 bits per heavy atom. The van der Waals surface area contributed by atoms with Crippen molar-refractivity contribution in [3.05, 3.63) is 35.8 Å². The monoisotopic (exact) mass is 209 g/mol. The molecule has 15 heavy (non-hydrogen) atoms. The number of aromatic amines is 1.